The molecule has 0 spiro atoms. The normalized spacial score (nSPS) is 21.1. The summed E-state index contributed by atoms with van der Waals surface area (Å²) >= 11 is 0. The lowest BCUT2D eigenvalue weighted by atomic mass is 10.1. The van der Waals surface area contributed by atoms with Crippen LogP contribution in [-0.2, 0) is 0 Å². The Balaban J connectivity index is 2.07. The second-order valence-corrected chi connectivity index (χ2v) is 5.69. The minimum atomic E-state index is -0.630. The molecule has 0 amide bonds. The van der Waals surface area contributed by atoms with Crippen LogP contribution in [0.15, 0.2) is 18.2 Å². The van der Waals surface area contributed by atoms with Crippen LogP contribution in [0.25, 0.3) is 0 Å². The van der Waals surface area contributed by atoms with E-state index in [2.05, 4.69) is 11.8 Å². The fraction of sp³-hybridized carbons (Fsp3) is 0.625. The predicted octanol–water partition coefficient (Wildman–Crippen LogP) is 2.80. The van der Waals surface area contributed by atoms with Crippen molar-refractivity contribution in [2.75, 3.05) is 31.6 Å². The molecule has 3 nitrogen and oxygen atoms in total. The molecule has 1 N–H and O–H groups in total. The van der Waals surface area contributed by atoms with Crippen LogP contribution in [0.4, 0.5) is 10.1 Å². The molecule has 0 radical (unpaired) electrons. The van der Waals surface area contributed by atoms with Crippen molar-refractivity contribution in [2.45, 2.75) is 38.8 Å². The van der Waals surface area contributed by atoms with Crippen molar-refractivity contribution in [3.8, 4) is 0 Å². The molecule has 20 heavy (non-hydrogen) atoms. The predicted molar refractivity (Wildman–Crippen MR) is 80.6 cm³/mol. The number of likely N-dealkylation sites (N-methyl/N-ethyl adjacent to an activating group) is 2. The van der Waals surface area contributed by atoms with E-state index >= 15 is 0 Å². The molecule has 2 rings (SSSR count). The van der Waals surface area contributed by atoms with E-state index in [1.807, 2.05) is 11.9 Å². The molecule has 1 aliphatic rings. The third kappa shape index (κ3) is 3.30. The smallest absolute Gasteiger partial charge is 0.146 e. The Bertz CT molecular complexity index is 450. The van der Waals surface area contributed by atoms with Gasteiger partial charge in [0.1, 0.15) is 5.82 Å². The van der Waals surface area contributed by atoms with Gasteiger partial charge in [-0.05, 0) is 50.6 Å². The fourth-order valence-corrected chi connectivity index (χ4v) is 3.03. The molecule has 1 aliphatic heterocycles. The van der Waals surface area contributed by atoms with Gasteiger partial charge in [-0.1, -0.05) is 13.0 Å². The Labute approximate surface area is 121 Å². The lowest BCUT2D eigenvalue weighted by molar-refractivity contribution is 0.199. The number of benzene rings is 1. The number of rotatable bonds is 5. The SMILES string of the molecule is CCN1CCCC1CN(C)c1ccc(C(C)O)cc1F. The number of hydrogen-bond donors (Lipinski definition) is 1. The summed E-state index contributed by atoms with van der Waals surface area (Å²) < 4.78 is 14.1. The highest BCUT2D eigenvalue weighted by Crippen LogP contribution is 2.25. The molecule has 2 atom stereocenters. The monoisotopic (exact) mass is 280 g/mol. The van der Waals surface area contributed by atoms with Crippen molar-refractivity contribution in [1.29, 1.82) is 0 Å². The zero-order valence-electron chi connectivity index (χ0n) is 12.6. The molecule has 0 bridgehead atoms. The number of nitrogens with zero attached hydrogens (tertiary/aromatic N) is 2. The molecule has 112 valence electrons. The van der Waals surface area contributed by atoms with Crippen molar-refractivity contribution < 1.29 is 9.50 Å². The van der Waals surface area contributed by atoms with Crippen molar-refractivity contribution >= 4 is 5.69 Å². The first-order valence-corrected chi connectivity index (χ1v) is 7.45. The summed E-state index contributed by atoms with van der Waals surface area (Å²) in [7, 11) is 1.94. The van der Waals surface area contributed by atoms with Gasteiger partial charge in [0, 0.05) is 19.6 Å². The van der Waals surface area contributed by atoms with Crippen molar-refractivity contribution in [2.24, 2.45) is 0 Å². The third-order valence-electron chi connectivity index (χ3n) is 4.26. The van der Waals surface area contributed by atoms with E-state index < -0.39 is 6.10 Å². The lowest BCUT2D eigenvalue weighted by Gasteiger charge is -2.29. The number of anilines is 1. The largest absolute Gasteiger partial charge is 0.389 e. The van der Waals surface area contributed by atoms with E-state index in [0.29, 0.717) is 17.3 Å². The Morgan fingerprint density at radius 2 is 2.25 bits per heavy atom. The molecule has 1 aromatic carbocycles. The first kappa shape index (κ1) is 15.3. The van der Waals surface area contributed by atoms with Crippen molar-refractivity contribution in [3.05, 3.63) is 29.6 Å². The molecule has 1 heterocycles. The van der Waals surface area contributed by atoms with Crippen LogP contribution in [0.1, 0.15) is 38.4 Å². The van der Waals surface area contributed by atoms with E-state index in [1.54, 1.807) is 19.1 Å². The standard InChI is InChI=1S/C16H25FN2O/c1-4-19-9-5-6-14(19)11-18(3)16-8-7-13(12(2)20)10-15(16)17/h7-8,10,12,14,20H,4-6,9,11H2,1-3H3. The fourth-order valence-electron chi connectivity index (χ4n) is 3.03. The zero-order valence-corrected chi connectivity index (χ0v) is 12.6. The summed E-state index contributed by atoms with van der Waals surface area (Å²) in [6.07, 6.45) is 1.79. The highest BCUT2D eigenvalue weighted by molar-refractivity contribution is 5.49. The first-order chi connectivity index (χ1) is 9.52. The van der Waals surface area contributed by atoms with Crippen LogP contribution in [0.2, 0.25) is 0 Å². The lowest BCUT2D eigenvalue weighted by Crippen LogP contribution is -2.39. The number of halogens is 1. The number of hydrogen-bond acceptors (Lipinski definition) is 3. The van der Waals surface area contributed by atoms with Crippen molar-refractivity contribution in [1.82, 2.24) is 4.90 Å². The van der Waals surface area contributed by atoms with Gasteiger partial charge in [0.15, 0.2) is 0 Å². The number of likely N-dealkylation sites (tertiary alicyclic amines) is 1. The maximum absolute atomic E-state index is 14.1. The highest BCUT2D eigenvalue weighted by atomic mass is 19.1. The Kier molecular flexibility index (Phi) is 5.00. The molecule has 1 aromatic rings. The average molecular weight is 280 g/mol. The van der Waals surface area contributed by atoms with Gasteiger partial charge in [-0.3, -0.25) is 4.90 Å². The van der Waals surface area contributed by atoms with E-state index in [0.717, 1.165) is 19.6 Å². The molecule has 4 heteroatoms. The Hall–Kier alpha value is -1.13. The van der Waals surface area contributed by atoms with Crippen LogP contribution >= 0.6 is 0 Å². The average Bonchev–Trinajstić information content (AvgIpc) is 2.85. The molecular weight excluding hydrogens is 255 g/mol. The number of aliphatic hydroxyl groups excluding tert-OH is 1. The second kappa shape index (κ2) is 6.55. The summed E-state index contributed by atoms with van der Waals surface area (Å²) in [6.45, 7) is 6.88. The summed E-state index contributed by atoms with van der Waals surface area (Å²) in [4.78, 5) is 4.44. The van der Waals surface area contributed by atoms with Gasteiger partial charge in [0.05, 0.1) is 11.8 Å². The van der Waals surface area contributed by atoms with E-state index in [4.69, 9.17) is 0 Å². The van der Waals surface area contributed by atoms with Gasteiger partial charge in [-0.15, -0.1) is 0 Å². The first-order valence-electron chi connectivity index (χ1n) is 7.45. The summed E-state index contributed by atoms with van der Waals surface area (Å²) in [5, 5.41) is 9.49. The van der Waals surface area contributed by atoms with Gasteiger partial charge < -0.3 is 10.0 Å². The maximum atomic E-state index is 14.1. The number of aliphatic hydroxyl groups is 1. The summed E-state index contributed by atoms with van der Waals surface area (Å²) in [6, 6.07) is 5.51. The van der Waals surface area contributed by atoms with Gasteiger partial charge >= 0.3 is 0 Å². The van der Waals surface area contributed by atoms with E-state index in [9.17, 15) is 9.50 Å². The summed E-state index contributed by atoms with van der Waals surface area (Å²) in [5.74, 6) is -0.257. The van der Waals surface area contributed by atoms with Gasteiger partial charge in [0.2, 0.25) is 0 Å². The Morgan fingerprint density at radius 3 is 2.85 bits per heavy atom. The van der Waals surface area contributed by atoms with Gasteiger partial charge in [0.25, 0.3) is 0 Å². The molecule has 2 unspecified atom stereocenters. The molecule has 1 fully saturated rings. The maximum Gasteiger partial charge on any atom is 0.146 e. The quantitative estimate of drug-likeness (QED) is 0.898. The Morgan fingerprint density at radius 1 is 1.50 bits per heavy atom. The van der Waals surface area contributed by atoms with Crippen LogP contribution in [0.5, 0.6) is 0 Å². The highest BCUT2D eigenvalue weighted by Gasteiger charge is 2.24. The summed E-state index contributed by atoms with van der Waals surface area (Å²) in [5.41, 5.74) is 1.23. The molecule has 0 aromatic heterocycles. The molecule has 1 saturated heterocycles. The van der Waals surface area contributed by atoms with Crippen LogP contribution in [-0.4, -0.2) is 42.7 Å². The molecule has 0 aliphatic carbocycles. The van der Waals surface area contributed by atoms with E-state index in [1.165, 1.54) is 18.9 Å². The van der Waals surface area contributed by atoms with E-state index in [-0.39, 0.29) is 5.82 Å². The zero-order chi connectivity index (χ0) is 14.7. The third-order valence-corrected chi connectivity index (χ3v) is 4.26. The molecular formula is C16H25FN2O. The minimum Gasteiger partial charge on any atom is -0.389 e. The van der Waals surface area contributed by atoms with Crippen LogP contribution in [0.3, 0.4) is 0 Å². The second-order valence-electron chi connectivity index (χ2n) is 5.69. The molecule has 0 saturated carbocycles. The van der Waals surface area contributed by atoms with Crippen LogP contribution < -0.4 is 4.90 Å². The van der Waals surface area contributed by atoms with Gasteiger partial charge in [-0.25, -0.2) is 4.39 Å². The topological polar surface area (TPSA) is 26.7 Å². The minimum absolute atomic E-state index is 0.257. The van der Waals surface area contributed by atoms with Gasteiger partial charge in [-0.2, -0.15) is 0 Å². The van der Waals surface area contributed by atoms with Crippen molar-refractivity contribution in [3.63, 3.8) is 0 Å². The van der Waals surface area contributed by atoms with Crippen LogP contribution in [0, 0.1) is 5.82 Å².